The number of anilines is 1. The zero-order valence-electron chi connectivity index (χ0n) is 8.68. The molecule has 2 aromatic rings. The summed E-state index contributed by atoms with van der Waals surface area (Å²) in [4.78, 5) is 0.685. The molecule has 2 nitrogen and oxygen atoms in total. The maximum absolute atomic E-state index is 5.25. The van der Waals surface area contributed by atoms with Gasteiger partial charge >= 0.3 is 0 Å². The second-order valence-electron chi connectivity index (χ2n) is 3.31. The SMILES string of the molecule is S=C(NNc1ccccc1)c1ccccc1. The van der Waals surface area contributed by atoms with Crippen molar-refractivity contribution in [2.45, 2.75) is 0 Å². The highest BCUT2D eigenvalue weighted by Crippen LogP contribution is 2.04. The van der Waals surface area contributed by atoms with Crippen molar-refractivity contribution >= 4 is 22.9 Å². The zero-order chi connectivity index (χ0) is 11.2. The lowest BCUT2D eigenvalue weighted by Gasteiger charge is -2.10. The molecule has 0 fully saturated rings. The highest BCUT2D eigenvalue weighted by molar-refractivity contribution is 7.80. The van der Waals surface area contributed by atoms with Crippen LogP contribution in [0.4, 0.5) is 5.69 Å². The number of nitrogens with one attached hydrogen (secondary N) is 2. The quantitative estimate of drug-likeness (QED) is 0.624. The number of thiocarbonyl (C=S) groups is 1. The monoisotopic (exact) mass is 228 g/mol. The van der Waals surface area contributed by atoms with E-state index in [1.165, 1.54) is 0 Å². The van der Waals surface area contributed by atoms with Crippen molar-refractivity contribution in [2.75, 3.05) is 5.43 Å². The van der Waals surface area contributed by atoms with Crippen molar-refractivity contribution < 1.29 is 0 Å². The first-order valence-corrected chi connectivity index (χ1v) is 5.43. The molecule has 0 aliphatic rings. The van der Waals surface area contributed by atoms with Crippen molar-refractivity contribution in [2.24, 2.45) is 0 Å². The van der Waals surface area contributed by atoms with Gasteiger partial charge in [-0.3, -0.25) is 5.43 Å². The molecule has 0 spiro atoms. The Morgan fingerprint density at radius 1 is 0.812 bits per heavy atom. The van der Waals surface area contributed by atoms with Gasteiger partial charge in [0.25, 0.3) is 0 Å². The van der Waals surface area contributed by atoms with E-state index in [-0.39, 0.29) is 0 Å². The molecule has 0 aromatic heterocycles. The lowest BCUT2D eigenvalue weighted by atomic mass is 10.2. The predicted molar refractivity (Wildman–Crippen MR) is 71.3 cm³/mol. The van der Waals surface area contributed by atoms with Gasteiger partial charge in [0.2, 0.25) is 0 Å². The van der Waals surface area contributed by atoms with Crippen LogP contribution in [-0.4, -0.2) is 4.99 Å². The summed E-state index contributed by atoms with van der Waals surface area (Å²) in [5.41, 5.74) is 8.04. The molecule has 0 aliphatic carbocycles. The Balaban J connectivity index is 1.95. The molecule has 0 aliphatic heterocycles. The molecule has 0 bridgehead atoms. The van der Waals surface area contributed by atoms with Crippen molar-refractivity contribution in [3.05, 3.63) is 66.2 Å². The molecule has 2 N–H and O–H groups in total. The van der Waals surface area contributed by atoms with Gasteiger partial charge in [0.05, 0.1) is 5.69 Å². The first-order chi connectivity index (χ1) is 7.86. The van der Waals surface area contributed by atoms with Crippen LogP contribution in [0.25, 0.3) is 0 Å². The van der Waals surface area contributed by atoms with Gasteiger partial charge in [-0.2, -0.15) is 0 Å². The molecule has 2 aromatic carbocycles. The third-order valence-electron chi connectivity index (χ3n) is 2.13. The molecule has 16 heavy (non-hydrogen) atoms. The lowest BCUT2D eigenvalue weighted by molar-refractivity contribution is 1.14. The first-order valence-electron chi connectivity index (χ1n) is 5.03. The number of hydrogen-bond acceptors (Lipinski definition) is 2. The molecule has 2 rings (SSSR count). The normalized spacial score (nSPS) is 9.50. The maximum atomic E-state index is 5.25. The third kappa shape index (κ3) is 2.81. The van der Waals surface area contributed by atoms with E-state index in [4.69, 9.17) is 12.2 Å². The molecule has 0 unspecified atom stereocenters. The summed E-state index contributed by atoms with van der Waals surface area (Å²) >= 11 is 5.25. The largest absolute Gasteiger partial charge is 0.300 e. The molecular weight excluding hydrogens is 216 g/mol. The van der Waals surface area contributed by atoms with Crippen molar-refractivity contribution in [3.8, 4) is 0 Å². The van der Waals surface area contributed by atoms with E-state index < -0.39 is 0 Å². The van der Waals surface area contributed by atoms with E-state index >= 15 is 0 Å². The fourth-order valence-corrected chi connectivity index (χ4v) is 1.50. The van der Waals surface area contributed by atoms with Crippen LogP contribution >= 0.6 is 12.2 Å². The summed E-state index contributed by atoms with van der Waals surface area (Å²) in [6.07, 6.45) is 0. The van der Waals surface area contributed by atoms with E-state index in [0.717, 1.165) is 11.3 Å². The highest BCUT2D eigenvalue weighted by Gasteiger charge is 1.97. The predicted octanol–water partition coefficient (Wildman–Crippen LogP) is 2.98. The maximum Gasteiger partial charge on any atom is 0.125 e. The van der Waals surface area contributed by atoms with Gasteiger partial charge in [-0.25, -0.2) is 0 Å². The minimum atomic E-state index is 0.685. The van der Waals surface area contributed by atoms with Crippen LogP contribution in [0.5, 0.6) is 0 Å². The van der Waals surface area contributed by atoms with E-state index in [0.29, 0.717) is 4.99 Å². The standard InChI is InChI=1S/C13H12N2S/c16-13(11-7-3-1-4-8-11)15-14-12-9-5-2-6-10-12/h1-10,14H,(H,15,16). The summed E-state index contributed by atoms with van der Waals surface area (Å²) in [6, 6.07) is 19.7. The Hall–Kier alpha value is -1.87. The fourth-order valence-electron chi connectivity index (χ4n) is 1.31. The summed E-state index contributed by atoms with van der Waals surface area (Å²) in [6.45, 7) is 0. The van der Waals surface area contributed by atoms with Crippen molar-refractivity contribution in [3.63, 3.8) is 0 Å². The minimum absolute atomic E-state index is 0.685. The number of hydrazine groups is 1. The molecule has 0 heterocycles. The number of para-hydroxylation sites is 1. The molecule has 3 heteroatoms. The number of hydrogen-bond donors (Lipinski definition) is 2. The van der Waals surface area contributed by atoms with Gasteiger partial charge in [0.1, 0.15) is 4.99 Å². The lowest BCUT2D eigenvalue weighted by Crippen LogP contribution is -2.28. The average Bonchev–Trinajstić information content (AvgIpc) is 2.38. The molecule has 0 saturated carbocycles. The zero-order valence-corrected chi connectivity index (χ0v) is 9.50. The highest BCUT2D eigenvalue weighted by atomic mass is 32.1. The van der Waals surface area contributed by atoms with Crippen LogP contribution in [0.15, 0.2) is 60.7 Å². The molecule has 0 atom stereocenters. The van der Waals surface area contributed by atoms with Gasteiger partial charge < -0.3 is 5.43 Å². The smallest absolute Gasteiger partial charge is 0.125 e. The van der Waals surface area contributed by atoms with Gasteiger partial charge in [-0.1, -0.05) is 60.7 Å². The Bertz CT molecular complexity index is 454. The summed E-state index contributed by atoms with van der Waals surface area (Å²) in [5, 5.41) is 0. The Morgan fingerprint density at radius 2 is 1.38 bits per heavy atom. The molecule has 0 saturated heterocycles. The van der Waals surface area contributed by atoms with Crippen molar-refractivity contribution in [1.29, 1.82) is 0 Å². The van der Waals surface area contributed by atoms with E-state index in [1.54, 1.807) is 0 Å². The summed E-state index contributed by atoms with van der Waals surface area (Å²) < 4.78 is 0. The van der Waals surface area contributed by atoms with Crippen LogP contribution in [0, 0.1) is 0 Å². The second-order valence-corrected chi connectivity index (χ2v) is 3.72. The van der Waals surface area contributed by atoms with Gasteiger partial charge in [0.15, 0.2) is 0 Å². The molecule has 0 radical (unpaired) electrons. The average molecular weight is 228 g/mol. The third-order valence-corrected chi connectivity index (χ3v) is 2.47. The molecule has 0 amide bonds. The van der Waals surface area contributed by atoms with Crippen molar-refractivity contribution in [1.82, 2.24) is 5.43 Å². The van der Waals surface area contributed by atoms with Gasteiger partial charge in [-0.05, 0) is 12.1 Å². The van der Waals surface area contributed by atoms with Crippen LogP contribution in [0.1, 0.15) is 5.56 Å². The van der Waals surface area contributed by atoms with Gasteiger partial charge in [-0.15, -0.1) is 0 Å². The first kappa shape index (κ1) is 10.6. The van der Waals surface area contributed by atoms with E-state index in [2.05, 4.69) is 10.9 Å². The Labute approximate surface area is 100 Å². The summed E-state index contributed by atoms with van der Waals surface area (Å²) in [5.74, 6) is 0. The fraction of sp³-hybridized carbons (Fsp3) is 0. The minimum Gasteiger partial charge on any atom is -0.300 e. The number of rotatable bonds is 3. The topological polar surface area (TPSA) is 24.1 Å². The molecule has 80 valence electrons. The van der Waals surface area contributed by atoms with Crippen LogP contribution in [0.2, 0.25) is 0 Å². The Kier molecular flexibility index (Phi) is 3.51. The van der Waals surface area contributed by atoms with Crippen LogP contribution < -0.4 is 10.9 Å². The second kappa shape index (κ2) is 5.28. The van der Waals surface area contributed by atoms with E-state index in [1.807, 2.05) is 60.7 Å². The van der Waals surface area contributed by atoms with Gasteiger partial charge in [0, 0.05) is 5.56 Å². The Morgan fingerprint density at radius 3 is 2.00 bits per heavy atom. The van der Waals surface area contributed by atoms with E-state index in [9.17, 15) is 0 Å². The van der Waals surface area contributed by atoms with Crippen LogP contribution in [-0.2, 0) is 0 Å². The van der Waals surface area contributed by atoms with Crippen LogP contribution in [0.3, 0.4) is 0 Å². The molecular formula is C13H12N2S. The summed E-state index contributed by atoms with van der Waals surface area (Å²) in [7, 11) is 0. The number of benzene rings is 2.